The molecule has 1 aliphatic heterocycles. The van der Waals surface area contributed by atoms with Crippen molar-refractivity contribution in [2.24, 2.45) is 5.92 Å². The maximum absolute atomic E-state index is 4.63. The number of alkyl halides is 1. The van der Waals surface area contributed by atoms with Crippen molar-refractivity contribution in [2.45, 2.75) is 39.8 Å². The highest BCUT2D eigenvalue weighted by Crippen LogP contribution is 2.28. The molecule has 1 aromatic rings. The first-order valence-electron chi connectivity index (χ1n) is 5.84. The third kappa shape index (κ3) is 2.49. The van der Waals surface area contributed by atoms with Gasteiger partial charge < -0.3 is 0 Å². The van der Waals surface area contributed by atoms with Gasteiger partial charge in [-0.05, 0) is 32.7 Å². The van der Waals surface area contributed by atoms with Crippen LogP contribution < -0.4 is 0 Å². The molecule has 0 bridgehead atoms. The number of rotatable bonds is 3. The van der Waals surface area contributed by atoms with Crippen molar-refractivity contribution in [3.05, 3.63) is 15.6 Å². The molecule has 0 radical (unpaired) electrons. The van der Waals surface area contributed by atoms with E-state index >= 15 is 0 Å². The molecule has 1 aliphatic rings. The molecule has 2 atom stereocenters. The smallest absolute Gasteiger partial charge is 0.107 e. The molecule has 4 heteroatoms. The summed E-state index contributed by atoms with van der Waals surface area (Å²) in [5.74, 6) is 0.807. The average molecular weight is 303 g/mol. The fourth-order valence-corrected chi connectivity index (χ4v) is 4.32. The van der Waals surface area contributed by atoms with Crippen molar-refractivity contribution < 1.29 is 0 Å². The number of halogens is 1. The van der Waals surface area contributed by atoms with Crippen molar-refractivity contribution in [3.63, 3.8) is 0 Å². The Hall–Kier alpha value is 0.0700. The number of likely N-dealkylation sites (tertiary alicyclic amines) is 1. The van der Waals surface area contributed by atoms with Gasteiger partial charge in [0, 0.05) is 16.2 Å². The number of aromatic nitrogens is 1. The highest BCUT2D eigenvalue weighted by Gasteiger charge is 2.30. The summed E-state index contributed by atoms with van der Waals surface area (Å²) in [6.45, 7) is 8.86. The first kappa shape index (κ1) is 12.5. The Morgan fingerprint density at radius 1 is 1.50 bits per heavy atom. The van der Waals surface area contributed by atoms with Crippen LogP contribution in [0, 0.1) is 19.8 Å². The van der Waals surface area contributed by atoms with E-state index in [0.29, 0.717) is 6.04 Å². The fourth-order valence-electron chi connectivity index (χ4n) is 2.31. The van der Waals surface area contributed by atoms with E-state index in [2.05, 4.69) is 46.6 Å². The molecule has 0 aromatic carbocycles. The summed E-state index contributed by atoms with van der Waals surface area (Å²) in [7, 11) is 0. The van der Waals surface area contributed by atoms with Crippen molar-refractivity contribution in [1.82, 2.24) is 9.88 Å². The second-order valence-electron chi connectivity index (χ2n) is 4.71. The summed E-state index contributed by atoms with van der Waals surface area (Å²) in [5.41, 5.74) is 1.20. The minimum absolute atomic E-state index is 0.685. The Labute approximate surface area is 110 Å². The van der Waals surface area contributed by atoms with Crippen LogP contribution in [0.5, 0.6) is 0 Å². The SMILES string of the molecule is Cc1nc(CN2CCC(C)C2CBr)sc1C. The summed E-state index contributed by atoms with van der Waals surface area (Å²) >= 11 is 5.48. The summed E-state index contributed by atoms with van der Waals surface area (Å²) in [5, 5.41) is 2.35. The Morgan fingerprint density at radius 3 is 2.81 bits per heavy atom. The second kappa shape index (κ2) is 5.15. The molecular formula is C12H19BrN2S. The van der Waals surface area contributed by atoms with Gasteiger partial charge in [0.15, 0.2) is 0 Å². The fraction of sp³-hybridized carbons (Fsp3) is 0.750. The van der Waals surface area contributed by atoms with Crippen molar-refractivity contribution in [2.75, 3.05) is 11.9 Å². The van der Waals surface area contributed by atoms with E-state index < -0.39 is 0 Å². The van der Waals surface area contributed by atoms with Gasteiger partial charge in [0.2, 0.25) is 0 Å². The van der Waals surface area contributed by atoms with Gasteiger partial charge in [-0.15, -0.1) is 11.3 Å². The van der Waals surface area contributed by atoms with E-state index in [1.807, 2.05) is 11.3 Å². The van der Waals surface area contributed by atoms with Gasteiger partial charge in [-0.2, -0.15) is 0 Å². The average Bonchev–Trinajstić information content (AvgIpc) is 2.72. The Bertz CT molecular complexity index is 344. The van der Waals surface area contributed by atoms with E-state index in [9.17, 15) is 0 Å². The predicted molar refractivity (Wildman–Crippen MR) is 73.4 cm³/mol. The van der Waals surface area contributed by atoms with E-state index in [0.717, 1.165) is 17.8 Å². The first-order chi connectivity index (χ1) is 7.61. The van der Waals surface area contributed by atoms with Crippen LogP contribution in [0.2, 0.25) is 0 Å². The van der Waals surface area contributed by atoms with Crippen LogP contribution in [0.1, 0.15) is 28.9 Å². The number of hydrogen-bond acceptors (Lipinski definition) is 3. The molecular weight excluding hydrogens is 284 g/mol. The predicted octanol–water partition coefficient (Wildman–Crippen LogP) is 3.37. The Morgan fingerprint density at radius 2 is 2.25 bits per heavy atom. The zero-order valence-corrected chi connectivity index (χ0v) is 12.6. The van der Waals surface area contributed by atoms with E-state index in [1.165, 1.54) is 28.5 Å². The van der Waals surface area contributed by atoms with Gasteiger partial charge in [0.25, 0.3) is 0 Å². The topological polar surface area (TPSA) is 16.1 Å². The Kier molecular flexibility index (Phi) is 4.03. The van der Waals surface area contributed by atoms with Crippen LogP contribution in [0.3, 0.4) is 0 Å². The number of aryl methyl sites for hydroxylation is 2. The summed E-state index contributed by atoms with van der Waals surface area (Å²) in [6.07, 6.45) is 1.32. The largest absolute Gasteiger partial charge is 0.293 e. The minimum atomic E-state index is 0.685. The maximum atomic E-state index is 4.63. The van der Waals surface area contributed by atoms with Crippen LogP contribution in [0.25, 0.3) is 0 Å². The van der Waals surface area contributed by atoms with Gasteiger partial charge in [0.1, 0.15) is 5.01 Å². The molecule has 0 N–H and O–H groups in total. The lowest BCUT2D eigenvalue weighted by Crippen LogP contribution is -2.32. The van der Waals surface area contributed by atoms with E-state index in [1.54, 1.807) is 0 Å². The van der Waals surface area contributed by atoms with Crippen molar-refractivity contribution in [3.8, 4) is 0 Å². The monoisotopic (exact) mass is 302 g/mol. The lowest BCUT2D eigenvalue weighted by atomic mass is 10.1. The molecule has 1 fully saturated rings. The Balaban J connectivity index is 2.04. The van der Waals surface area contributed by atoms with Crippen molar-refractivity contribution >= 4 is 27.3 Å². The first-order valence-corrected chi connectivity index (χ1v) is 7.78. The molecule has 2 nitrogen and oxygen atoms in total. The number of nitrogens with zero attached hydrogens (tertiary/aromatic N) is 2. The molecule has 1 aromatic heterocycles. The minimum Gasteiger partial charge on any atom is -0.293 e. The second-order valence-corrected chi connectivity index (χ2v) is 6.64. The standard InChI is InChI=1S/C12H19BrN2S/c1-8-4-5-15(11(8)6-13)7-12-14-9(2)10(3)16-12/h8,11H,4-7H2,1-3H3. The molecule has 0 aliphatic carbocycles. The summed E-state index contributed by atoms with van der Waals surface area (Å²) < 4.78 is 0. The van der Waals surface area contributed by atoms with Gasteiger partial charge in [-0.3, -0.25) is 4.90 Å². The van der Waals surface area contributed by atoms with E-state index in [4.69, 9.17) is 0 Å². The molecule has 0 amide bonds. The van der Waals surface area contributed by atoms with Crippen LogP contribution >= 0.6 is 27.3 Å². The van der Waals surface area contributed by atoms with Crippen LogP contribution in [-0.2, 0) is 6.54 Å². The number of hydrogen-bond donors (Lipinski definition) is 0. The quantitative estimate of drug-likeness (QED) is 0.796. The lowest BCUT2D eigenvalue weighted by Gasteiger charge is -2.23. The van der Waals surface area contributed by atoms with Gasteiger partial charge in [-0.25, -0.2) is 4.98 Å². The summed E-state index contributed by atoms with van der Waals surface area (Å²) in [4.78, 5) is 8.55. The maximum Gasteiger partial charge on any atom is 0.107 e. The zero-order valence-electron chi connectivity index (χ0n) is 10.2. The molecule has 90 valence electrons. The normalized spacial score (nSPS) is 26.5. The van der Waals surface area contributed by atoms with Gasteiger partial charge in [0.05, 0.1) is 12.2 Å². The van der Waals surface area contributed by atoms with Crippen LogP contribution in [0.15, 0.2) is 0 Å². The van der Waals surface area contributed by atoms with Crippen molar-refractivity contribution in [1.29, 1.82) is 0 Å². The summed E-state index contributed by atoms with van der Waals surface area (Å²) in [6, 6.07) is 0.685. The molecule has 16 heavy (non-hydrogen) atoms. The molecule has 0 saturated carbocycles. The van der Waals surface area contributed by atoms with Crippen LogP contribution in [0.4, 0.5) is 0 Å². The van der Waals surface area contributed by atoms with Gasteiger partial charge in [-0.1, -0.05) is 22.9 Å². The zero-order chi connectivity index (χ0) is 11.7. The lowest BCUT2D eigenvalue weighted by molar-refractivity contribution is 0.244. The highest BCUT2D eigenvalue weighted by atomic mass is 79.9. The van der Waals surface area contributed by atoms with E-state index in [-0.39, 0.29) is 0 Å². The number of thiazole rings is 1. The molecule has 2 rings (SSSR count). The third-order valence-corrected chi connectivity index (χ3v) is 5.29. The highest BCUT2D eigenvalue weighted by molar-refractivity contribution is 9.09. The van der Waals surface area contributed by atoms with Crippen LogP contribution in [-0.4, -0.2) is 27.8 Å². The third-order valence-electron chi connectivity index (χ3n) is 3.57. The molecule has 1 saturated heterocycles. The molecule has 2 heterocycles. The van der Waals surface area contributed by atoms with Gasteiger partial charge >= 0.3 is 0 Å². The molecule has 0 spiro atoms. The molecule has 2 unspecified atom stereocenters.